The second-order valence-electron chi connectivity index (χ2n) is 7.50. The Bertz CT molecular complexity index is 347. The van der Waals surface area contributed by atoms with Gasteiger partial charge in [0.1, 0.15) is 0 Å². The Morgan fingerprint density at radius 3 is 2.65 bits per heavy atom. The van der Waals surface area contributed by atoms with Crippen LogP contribution >= 0.6 is 0 Å². The molecule has 3 rings (SSSR count). The molecule has 0 spiro atoms. The Morgan fingerprint density at radius 1 is 1.15 bits per heavy atom. The third-order valence-corrected chi connectivity index (χ3v) is 6.28. The van der Waals surface area contributed by atoms with Gasteiger partial charge in [0.25, 0.3) is 0 Å². The molecule has 0 radical (unpaired) electrons. The van der Waals surface area contributed by atoms with Crippen molar-refractivity contribution in [2.24, 2.45) is 5.73 Å². The molecule has 2 N–H and O–H groups in total. The molecular formula is C16H32N4. The smallest absolute Gasteiger partial charge is 0.0362 e. The summed E-state index contributed by atoms with van der Waals surface area (Å²) in [5, 5.41) is 0. The number of hydrogen-bond donors (Lipinski definition) is 1. The van der Waals surface area contributed by atoms with Crippen molar-refractivity contribution < 1.29 is 0 Å². The summed E-state index contributed by atoms with van der Waals surface area (Å²) in [6.07, 6.45) is 5.25. The van der Waals surface area contributed by atoms with Gasteiger partial charge in [-0.2, -0.15) is 0 Å². The second-order valence-corrected chi connectivity index (χ2v) is 7.50. The maximum atomic E-state index is 6.30. The molecule has 4 atom stereocenters. The molecule has 0 amide bonds. The predicted molar refractivity (Wildman–Crippen MR) is 83.9 cm³/mol. The highest BCUT2D eigenvalue weighted by Gasteiger charge is 2.46. The van der Waals surface area contributed by atoms with E-state index in [1.165, 1.54) is 51.9 Å². The molecule has 20 heavy (non-hydrogen) atoms. The van der Waals surface area contributed by atoms with Crippen LogP contribution in [0, 0.1) is 0 Å². The molecule has 3 heterocycles. The van der Waals surface area contributed by atoms with E-state index >= 15 is 0 Å². The fraction of sp³-hybridized carbons (Fsp3) is 1.00. The Labute approximate surface area is 124 Å². The number of nitrogens with two attached hydrogens (primary N) is 1. The Balaban J connectivity index is 1.78. The summed E-state index contributed by atoms with van der Waals surface area (Å²) < 4.78 is 0. The van der Waals surface area contributed by atoms with Gasteiger partial charge in [-0.1, -0.05) is 0 Å². The van der Waals surface area contributed by atoms with Crippen LogP contribution < -0.4 is 5.73 Å². The topological polar surface area (TPSA) is 35.7 Å². The van der Waals surface area contributed by atoms with Gasteiger partial charge in [-0.05, 0) is 59.7 Å². The zero-order valence-corrected chi connectivity index (χ0v) is 13.5. The van der Waals surface area contributed by atoms with Crippen molar-refractivity contribution in [2.45, 2.75) is 63.2 Å². The molecule has 0 aromatic heterocycles. The Morgan fingerprint density at radius 2 is 1.95 bits per heavy atom. The minimum absolute atomic E-state index is 0.250. The van der Waals surface area contributed by atoms with E-state index in [-0.39, 0.29) is 5.54 Å². The molecule has 3 saturated heterocycles. The van der Waals surface area contributed by atoms with Crippen LogP contribution in [0.5, 0.6) is 0 Å². The molecule has 116 valence electrons. The fourth-order valence-electron chi connectivity index (χ4n) is 4.82. The molecular weight excluding hydrogens is 248 g/mol. The molecule has 0 saturated carbocycles. The molecule has 4 nitrogen and oxygen atoms in total. The van der Waals surface area contributed by atoms with Gasteiger partial charge in [-0.25, -0.2) is 0 Å². The van der Waals surface area contributed by atoms with Crippen molar-refractivity contribution in [3.05, 3.63) is 0 Å². The minimum atomic E-state index is 0.250. The predicted octanol–water partition coefficient (Wildman–Crippen LogP) is 0.967. The molecule has 0 aliphatic carbocycles. The second kappa shape index (κ2) is 5.56. The van der Waals surface area contributed by atoms with Gasteiger partial charge >= 0.3 is 0 Å². The first-order chi connectivity index (χ1) is 9.55. The van der Waals surface area contributed by atoms with E-state index in [4.69, 9.17) is 5.73 Å². The summed E-state index contributed by atoms with van der Waals surface area (Å²) >= 11 is 0. The molecule has 3 aliphatic heterocycles. The van der Waals surface area contributed by atoms with Crippen molar-refractivity contribution >= 4 is 0 Å². The van der Waals surface area contributed by atoms with Gasteiger partial charge in [0.15, 0.2) is 0 Å². The first-order valence-electron chi connectivity index (χ1n) is 8.47. The van der Waals surface area contributed by atoms with E-state index in [0.717, 1.165) is 12.6 Å². The van der Waals surface area contributed by atoms with Crippen LogP contribution in [0.3, 0.4) is 0 Å². The quantitative estimate of drug-likeness (QED) is 0.817. The zero-order chi connectivity index (χ0) is 14.3. The number of fused-ring (bicyclic) bond motifs is 1. The normalized spacial score (nSPS) is 44.7. The van der Waals surface area contributed by atoms with Crippen LogP contribution in [0.2, 0.25) is 0 Å². The van der Waals surface area contributed by atoms with Crippen molar-refractivity contribution in [2.75, 3.05) is 39.8 Å². The molecule has 0 bridgehead atoms. The minimum Gasteiger partial charge on any atom is -0.329 e. The van der Waals surface area contributed by atoms with E-state index < -0.39 is 0 Å². The summed E-state index contributed by atoms with van der Waals surface area (Å²) in [5.74, 6) is 0. The fourth-order valence-corrected chi connectivity index (χ4v) is 4.82. The number of piperazine rings is 1. The average molecular weight is 280 g/mol. The van der Waals surface area contributed by atoms with E-state index in [1.54, 1.807) is 0 Å². The number of nitrogens with zero attached hydrogens (tertiary/aromatic N) is 3. The SMILES string of the molecule is CC1CC(CN)(N2CC3CCCN3CC2C)CCN1C. The van der Waals surface area contributed by atoms with Gasteiger partial charge in [-0.15, -0.1) is 0 Å². The summed E-state index contributed by atoms with van der Waals surface area (Å²) in [5.41, 5.74) is 6.55. The molecule has 3 fully saturated rings. The highest BCUT2D eigenvalue weighted by molar-refractivity contribution is 5.04. The lowest BCUT2D eigenvalue weighted by atomic mass is 9.80. The Kier molecular flexibility index (Phi) is 4.10. The zero-order valence-electron chi connectivity index (χ0n) is 13.5. The van der Waals surface area contributed by atoms with Gasteiger partial charge < -0.3 is 10.6 Å². The van der Waals surface area contributed by atoms with Crippen LogP contribution in [0.1, 0.15) is 39.5 Å². The van der Waals surface area contributed by atoms with Crippen molar-refractivity contribution in [3.63, 3.8) is 0 Å². The van der Waals surface area contributed by atoms with Crippen LogP contribution in [0.25, 0.3) is 0 Å². The lowest BCUT2D eigenvalue weighted by Crippen LogP contribution is -2.68. The van der Waals surface area contributed by atoms with E-state index in [2.05, 4.69) is 35.6 Å². The lowest BCUT2D eigenvalue weighted by molar-refractivity contribution is -0.0573. The average Bonchev–Trinajstić information content (AvgIpc) is 2.88. The highest BCUT2D eigenvalue weighted by Crippen LogP contribution is 2.36. The maximum Gasteiger partial charge on any atom is 0.0362 e. The molecule has 4 unspecified atom stereocenters. The third-order valence-electron chi connectivity index (χ3n) is 6.28. The van der Waals surface area contributed by atoms with E-state index in [1.807, 2.05) is 0 Å². The van der Waals surface area contributed by atoms with Crippen molar-refractivity contribution in [3.8, 4) is 0 Å². The summed E-state index contributed by atoms with van der Waals surface area (Å²) in [7, 11) is 2.25. The molecule has 0 aromatic rings. The van der Waals surface area contributed by atoms with E-state index in [9.17, 15) is 0 Å². The summed E-state index contributed by atoms with van der Waals surface area (Å²) in [4.78, 5) is 8.00. The van der Waals surface area contributed by atoms with Crippen molar-refractivity contribution in [1.29, 1.82) is 0 Å². The van der Waals surface area contributed by atoms with Crippen LogP contribution in [0.15, 0.2) is 0 Å². The standard InChI is InChI=1S/C16H32N4/c1-13-9-16(12-17,6-8-18(13)3)20-11-15-5-4-7-19(15)10-14(20)2/h13-15H,4-12,17H2,1-3H3. The van der Waals surface area contributed by atoms with Crippen LogP contribution in [-0.2, 0) is 0 Å². The molecule has 3 aliphatic rings. The number of hydrogen-bond acceptors (Lipinski definition) is 4. The summed E-state index contributed by atoms with van der Waals surface area (Å²) in [6, 6.07) is 2.11. The van der Waals surface area contributed by atoms with Crippen LogP contribution in [0.4, 0.5) is 0 Å². The van der Waals surface area contributed by atoms with Crippen LogP contribution in [-0.4, -0.2) is 78.1 Å². The van der Waals surface area contributed by atoms with Gasteiger partial charge in [0.05, 0.1) is 0 Å². The van der Waals surface area contributed by atoms with Gasteiger partial charge in [0, 0.05) is 43.3 Å². The number of piperidine rings is 1. The molecule has 4 heteroatoms. The Hall–Kier alpha value is -0.160. The van der Waals surface area contributed by atoms with Gasteiger partial charge in [-0.3, -0.25) is 9.80 Å². The number of rotatable bonds is 2. The highest BCUT2D eigenvalue weighted by atomic mass is 15.4. The first kappa shape index (κ1) is 14.8. The lowest BCUT2D eigenvalue weighted by Gasteiger charge is -2.56. The van der Waals surface area contributed by atoms with E-state index in [0.29, 0.717) is 12.1 Å². The van der Waals surface area contributed by atoms with Crippen molar-refractivity contribution in [1.82, 2.24) is 14.7 Å². The number of likely N-dealkylation sites (tertiary alicyclic amines) is 1. The van der Waals surface area contributed by atoms with Gasteiger partial charge in [0.2, 0.25) is 0 Å². The monoisotopic (exact) mass is 280 g/mol. The molecule has 0 aromatic carbocycles. The first-order valence-corrected chi connectivity index (χ1v) is 8.47. The maximum absolute atomic E-state index is 6.30. The summed E-state index contributed by atoms with van der Waals surface area (Å²) in [6.45, 7) is 10.6. The largest absolute Gasteiger partial charge is 0.329 e. The third kappa shape index (κ3) is 2.41.